The molecule has 3 unspecified atom stereocenters. The highest BCUT2D eigenvalue weighted by molar-refractivity contribution is 6.01. The molecule has 1 aliphatic carbocycles. The van der Waals surface area contributed by atoms with Crippen LogP contribution in [0.4, 0.5) is 10.5 Å². The van der Waals surface area contributed by atoms with Gasteiger partial charge in [-0.1, -0.05) is 42.5 Å². The summed E-state index contributed by atoms with van der Waals surface area (Å²) in [5.41, 5.74) is 2.35. The number of carbonyl (C=O) groups excluding carboxylic acids is 2. The minimum atomic E-state index is -0.901. The summed E-state index contributed by atoms with van der Waals surface area (Å²) in [5, 5.41) is 15.0. The molecular weight excluding hydrogens is 358 g/mol. The van der Waals surface area contributed by atoms with Gasteiger partial charge in [-0.3, -0.25) is 9.59 Å². The second-order valence-electron chi connectivity index (χ2n) is 7.09. The highest BCUT2D eigenvalue weighted by Crippen LogP contribution is 2.40. The Morgan fingerprint density at radius 2 is 1.57 bits per heavy atom. The molecular formula is C21H21N3O4. The SMILES string of the molecule is O=C(NC1CCN(c2ccccc2)C1=O)NC1CC(C(=O)O)c2ccccc21. The Labute approximate surface area is 162 Å². The molecule has 0 saturated carbocycles. The second-order valence-corrected chi connectivity index (χ2v) is 7.09. The number of para-hydroxylation sites is 1. The summed E-state index contributed by atoms with van der Waals surface area (Å²) in [6, 6.07) is 15.2. The predicted octanol–water partition coefficient (Wildman–Crippen LogP) is 2.40. The van der Waals surface area contributed by atoms with E-state index >= 15 is 0 Å². The number of carboxylic acid groups (broad SMARTS) is 1. The first-order chi connectivity index (χ1) is 13.5. The Kier molecular flexibility index (Phi) is 4.73. The molecule has 3 amide bonds. The standard InChI is InChI=1S/C21H21N3O4/c25-19-17(10-11-24(19)13-6-2-1-3-7-13)22-21(28)23-18-12-16(20(26)27)14-8-4-5-9-15(14)18/h1-9,16-18H,10-12H2,(H,26,27)(H2,22,23,28). The maximum Gasteiger partial charge on any atom is 0.315 e. The molecule has 4 rings (SSSR count). The summed E-state index contributed by atoms with van der Waals surface area (Å²) in [5.74, 6) is -1.68. The maximum absolute atomic E-state index is 12.6. The zero-order chi connectivity index (χ0) is 19.7. The van der Waals surface area contributed by atoms with E-state index < -0.39 is 24.0 Å². The number of carboxylic acids is 1. The van der Waals surface area contributed by atoms with Crippen LogP contribution in [0.15, 0.2) is 54.6 Å². The van der Waals surface area contributed by atoms with Gasteiger partial charge in [-0.15, -0.1) is 0 Å². The molecule has 1 aliphatic heterocycles. The van der Waals surface area contributed by atoms with Crippen molar-refractivity contribution in [1.82, 2.24) is 10.6 Å². The second kappa shape index (κ2) is 7.34. The average Bonchev–Trinajstić information content (AvgIpc) is 3.24. The Bertz CT molecular complexity index is 915. The molecule has 0 radical (unpaired) electrons. The number of fused-ring (bicyclic) bond motifs is 1. The third kappa shape index (κ3) is 3.31. The third-order valence-corrected chi connectivity index (χ3v) is 5.40. The molecule has 2 aliphatic rings. The van der Waals surface area contributed by atoms with Crippen LogP contribution in [-0.2, 0) is 9.59 Å². The number of benzene rings is 2. The number of carbonyl (C=O) groups is 3. The summed E-state index contributed by atoms with van der Waals surface area (Å²) in [4.78, 5) is 38.3. The zero-order valence-electron chi connectivity index (χ0n) is 15.2. The Hall–Kier alpha value is -3.35. The number of nitrogens with one attached hydrogen (secondary N) is 2. The minimum Gasteiger partial charge on any atom is -0.481 e. The van der Waals surface area contributed by atoms with Gasteiger partial charge in [0.25, 0.3) is 0 Å². The van der Waals surface area contributed by atoms with E-state index in [1.807, 2.05) is 42.5 Å². The van der Waals surface area contributed by atoms with Crippen molar-refractivity contribution in [3.8, 4) is 0 Å². The maximum atomic E-state index is 12.6. The van der Waals surface area contributed by atoms with E-state index in [9.17, 15) is 19.5 Å². The lowest BCUT2D eigenvalue weighted by Crippen LogP contribution is -2.46. The van der Waals surface area contributed by atoms with Crippen molar-refractivity contribution < 1.29 is 19.5 Å². The number of hydrogen-bond donors (Lipinski definition) is 3. The topological polar surface area (TPSA) is 98.7 Å². The van der Waals surface area contributed by atoms with Crippen molar-refractivity contribution in [1.29, 1.82) is 0 Å². The molecule has 1 fully saturated rings. The van der Waals surface area contributed by atoms with Gasteiger partial charge in [-0.05, 0) is 36.1 Å². The summed E-state index contributed by atoms with van der Waals surface area (Å²) < 4.78 is 0. The molecule has 0 spiro atoms. The van der Waals surface area contributed by atoms with Crippen LogP contribution in [0, 0.1) is 0 Å². The third-order valence-electron chi connectivity index (χ3n) is 5.40. The van der Waals surface area contributed by atoms with Gasteiger partial charge in [-0.25, -0.2) is 4.79 Å². The Morgan fingerprint density at radius 1 is 0.929 bits per heavy atom. The van der Waals surface area contributed by atoms with Crippen LogP contribution in [-0.4, -0.2) is 35.6 Å². The van der Waals surface area contributed by atoms with Gasteiger partial charge in [0.15, 0.2) is 0 Å². The van der Waals surface area contributed by atoms with Crippen molar-refractivity contribution >= 4 is 23.6 Å². The van der Waals surface area contributed by atoms with Gasteiger partial charge in [0.2, 0.25) is 5.91 Å². The van der Waals surface area contributed by atoms with Gasteiger partial charge in [-0.2, -0.15) is 0 Å². The predicted molar refractivity (Wildman–Crippen MR) is 103 cm³/mol. The van der Waals surface area contributed by atoms with Crippen LogP contribution >= 0.6 is 0 Å². The monoisotopic (exact) mass is 379 g/mol. The summed E-state index contributed by atoms with van der Waals surface area (Å²) >= 11 is 0. The molecule has 2 aromatic carbocycles. The number of aliphatic carboxylic acids is 1. The lowest BCUT2D eigenvalue weighted by atomic mass is 10.0. The number of urea groups is 1. The fourth-order valence-corrected chi connectivity index (χ4v) is 4.04. The summed E-state index contributed by atoms with van der Waals surface area (Å²) in [6.45, 7) is 0.543. The molecule has 2 aromatic rings. The lowest BCUT2D eigenvalue weighted by molar-refractivity contribution is -0.138. The largest absolute Gasteiger partial charge is 0.481 e. The molecule has 28 heavy (non-hydrogen) atoms. The van der Waals surface area contributed by atoms with Crippen molar-refractivity contribution in [2.45, 2.75) is 30.8 Å². The van der Waals surface area contributed by atoms with Crippen molar-refractivity contribution in [2.75, 3.05) is 11.4 Å². The summed E-state index contributed by atoms with van der Waals surface area (Å²) in [7, 11) is 0. The average molecular weight is 379 g/mol. The number of rotatable bonds is 4. The fourth-order valence-electron chi connectivity index (χ4n) is 4.04. The van der Waals surface area contributed by atoms with Gasteiger partial charge in [0, 0.05) is 12.2 Å². The Balaban J connectivity index is 1.40. The van der Waals surface area contributed by atoms with E-state index in [4.69, 9.17) is 0 Å². The van der Waals surface area contributed by atoms with E-state index in [2.05, 4.69) is 10.6 Å². The van der Waals surface area contributed by atoms with Gasteiger partial charge < -0.3 is 20.6 Å². The Morgan fingerprint density at radius 3 is 2.29 bits per heavy atom. The van der Waals surface area contributed by atoms with Crippen LogP contribution in [0.5, 0.6) is 0 Å². The first-order valence-corrected chi connectivity index (χ1v) is 9.29. The van der Waals surface area contributed by atoms with Crippen LogP contribution in [0.3, 0.4) is 0 Å². The number of hydrogen-bond acceptors (Lipinski definition) is 3. The molecule has 1 saturated heterocycles. The smallest absolute Gasteiger partial charge is 0.315 e. The summed E-state index contributed by atoms with van der Waals surface area (Å²) in [6.07, 6.45) is 0.830. The van der Waals surface area contributed by atoms with Crippen LogP contribution in [0.1, 0.15) is 35.9 Å². The molecule has 0 aromatic heterocycles. The molecule has 3 atom stereocenters. The zero-order valence-corrected chi connectivity index (χ0v) is 15.2. The van der Waals surface area contributed by atoms with E-state index in [1.165, 1.54) is 0 Å². The fraction of sp³-hybridized carbons (Fsp3) is 0.286. The molecule has 7 nitrogen and oxygen atoms in total. The van der Waals surface area contributed by atoms with E-state index in [0.717, 1.165) is 16.8 Å². The van der Waals surface area contributed by atoms with Crippen LogP contribution in [0.2, 0.25) is 0 Å². The van der Waals surface area contributed by atoms with Crippen molar-refractivity contribution in [3.05, 3.63) is 65.7 Å². The first kappa shape index (κ1) is 18.0. The molecule has 144 valence electrons. The quantitative estimate of drug-likeness (QED) is 0.760. The van der Waals surface area contributed by atoms with E-state index in [1.54, 1.807) is 17.0 Å². The molecule has 7 heteroatoms. The van der Waals surface area contributed by atoms with Crippen molar-refractivity contribution in [3.63, 3.8) is 0 Å². The molecule has 3 N–H and O–H groups in total. The first-order valence-electron chi connectivity index (χ1n) is 9.29. The van der Waals surface area contributed by atoms with Crippen LogP contribution in [0.25, 0.3) is 0 Å². The van der Waals surface area contributed by atoms with Gasteiger partial charge in [0.05, 0.1) is 12.0 Å². The number of amides is 3. The van der Waals surface area contributed by atoms with Crippen molar-refractivity contribution in [2.24, 2.45) is 0 Å². The normalized spacial score (nSPS) is 23.4. The van der Waals surface area contributed by atoms with Gasteiger partial charge in [0.1, 0.15) is 6.04 Å². The van der Waals surface area contributed by atoms with Gasteiger partial charge >= 0.3 is 12.0 Å². The molecule has 1 heterocycles. The number of anilines is 1. The lowest BCUT2D eigenvalue weighted by Gasteiger charge is -2.19. The number of nitrogens with zero attached hydrogens (tertiary/aromatic N) is 1. The minimum absolute atomic E-state index is 0.142. The molecule has 0 bridgehead atoms. The highest BCUT2D eigenvalue weighted by Gasteiger charge is 2.37. The van der Waals surface area contributed by atoms with E-state index in [0.29, 0.717) is 19.4 Å². The van der Waals surface area contributed by atoms with E-state index in [-0.39, 0.29) is 11.9 Å². The highest BCUT2D eigenvalue weighted by atomic mass is 16.4. The van der Waals surface area contributed by atoms with Crippen LogP contribution < -0.4 is 15.5 Å².